The summed E-state index contributed by atoms with van der Waals surface area (Å²) in [4.78, 5) is 3.98. The van der Waals surface area contributed by atoms with Crippen LogP contribution >= 0.6 is 0 Å². The van der Waals surface area contributed by atoms with Gasteiger partial charge >= 0.3 is 0 Å². The van der Waals surface area contributed by atoms with E-state index in [9.17, 15) is 4.39 Å². The van der Waals surface area contributed by atoms with Gasteiger partial charge in [-0.2, -0.15) is 0 Å². The van der Waals surface area contributed by atoms with Crippen LogP contribution in [0.5, 0.6) is 0 Å². The molecular weight excluding hydrogens is 203 g/mol. The summed E-state index contributed by atoms with van der Waals surface area (Å²) in [6, 6.07) is 3.10. The quantitative estimate of drug-likeness (QED) is 0.827. The molecule has 0 aliphatic heterocycles. The molecule has 0 radical (unpaired) electrons. The highest BCUT2D eigenvalue weighted by atomic mass is 19.1. The molecule has 0 unspecified atom stereocenters. The number of nitrogens with zero attached hydrogens (tertiary/aromatic N) is 1. The van der Waals surface area contributed by atoms with Crippen molar-refractivity contribution in [3.8, 4) is 0 Å². The highest BCUT2D eigenvalue weighted by Gasteiger charge is 2.16. The molecule has 0 bridgehead atoms. The molecule has 0 aliphatic rings. The molecule has 2 nitrogen and oxygen atoms in total. The van der Waals surface area contributed by atoms with Crippen molar-refractivity contribution in [2.24, 2.45) is 17.8 Å². The topological polar surface area (TPSA) is 24.9 Å². The Morgan fingerprint density at radius 3 is 2.25 bits per heavy atom. The lowest BCUT2D eigenvalue weighted by atomic mass is 9.85. The van der Waals surface area contributed by atoms with Crippen LogP contribution in [-0.4, -0.2) is 11.5 Å². The molecule has 0 saturated carbocycles. The van der Waals surface area contributed by atoms with Gasteiger partial charge in [-0.1, -0.05) is 27.7 Å². The smallest absolute Gasteiger partial charge is 0.141 e. The van der Waals surface area contributed by atoms with Gasteiger partial charge in [-0.3, -0.25) is 0 Å². The Morgan fingerprint density at radius 1 is 1.19 bits per heavy atom. The molecule has 3 heteroatoms. The molecule has 0 atom stereocenters. The van der Waals surface area contributed by atoms with Gasteiger partial charge in [0.2, 0.25) is 0 Å². The second kappa shape index (κ2) is 5.83. The number of anilines is 1. The molecule has 0 amide bonds. The van der Waals surface area contributed by atoms with E-state index < -0.39 is 0 Å². The van der Waals surface area contributed by atoms with Crippen LogP contribution in [0.2, 0.25) is 0 Å². The fourth-order valence-corrected chi connectivity index (χ4v) is 1.94. The van der Waals surface area contributed by atoms with Crippen molar-refractivity contribution in [2.45, 2.75) is 27.7 Å². The standard InChI is InChI=1S/C13H21FN2/c1-9(2)12(10(3)4)8-16-13-6-5-11(14)7-15-13/h5-7,9-10,12H,8H2,1-4H3,(H,15,16). The first kappa shape index (κ1) is 12.9. The van der Waals surface area contributed by atoms with Gasteiger partial charge in [-0.15, -0.1) is 0 Å². The molecule has 1 heterocycles. The minimum absolute atomic E-state index is 0.296. The maximum absolute atomic E-state index is 12.7. The van der Waals surface area contributed by atoms with Gasteiger partial charge < -0.3 is 5.32 Å². The number of rotatable bonds is 5. The number of hydrogen-bond donors (Lipinski definition) is 1. The molecule has 16 heavy (non-hydrogen) atoms. The van der Waals surface area contributed by atoms with Crippen molar-refractivity contribution < 1.29 is 4.39 Å². The van der Waals surface area contributed by atoms with Gasteiger partial charge in [0, 0.05) is 6.54 Å². The van der Waals surface area contributed by atoms with E-state index in [0.29, 0.717) is 17.8 Å². The number of hydrogen-bond acceptors (Lipinski definition) is 2. The summed E-state index contributed by atoms with van der Waals surface area (Å²) in [6.45, 7) is 9.79. The van der Waals surface area contributed by atoms with E-state index in [4.69, 9.17) is 0 Å². The third-order valence-corrected chi connectivity index (χ3v) is 2.96. The van der Waals surface area contributed by atoms with Crippen LogP contribution in [0, 0.1) is 23.6 Å². The van der Waals surface area contributed by atoms with Gasteiger partial charge in [-0.05, 0) is 29.9 Å². The molecule has 1 rings (SSSR count). The van der Waals surface area contributed by atoms with E-state index >= 15 is 0 Å². The minimum atomic E-state index is -0.296. The SMILES string of the molecule is CC(C)C(CNc1ccc(F)cn1)C(C)C. The first-order valence-electron chi connectivity index (χ1n) is 5.86. The zero-order valence-electron chi connectivity index (χ0n) is 10.5. The monoisotopic (exact) mass is 224 g/mol. The predicted molar refractivity (Wildman–Crippen MR) is 65.9 cm³/mol. The summed E-state index contributed by atoms with van der Waals surface area (Å²) in [5.74, 6) is 2.32. The summed E-state index contributed by atoms with van der Waals surface area (Å²) in [5.41, 5.74) is 0. The molecule has 0 aromatic carbocycles. The van der Waals surface area contributed by atoms with Crippen LogP contribution in [0.25, 0.3) is 0 Å². The van der Waals surface area contributed by atoms with Gasteiger partial charge in [0.05, 0.1) is 6.20 Å². The van der Waals surface area contributed by atoms with Crippen LogP contribution in [-0.2, 0) is 0 Å². The Labute approximate surface area is 97.3 Å². The maximum atomic E-state index is 12.7. The molecule has 90 valence electrons. The molecule has 1 N–H and O–H groups in total. The first-order valence-corrected chi connectivity index (χ1v) is 5.86. The van der Waals surface area contributed by atoms with Gasteiger partial charge in [0.15, 0.2) is 0 Å². The van der Waals surface area contributed by atoms with Gasteiger partial charge in [0.25, 0.3) is 0 Å². The van der Waals surface area contributed by atoms with Crippen molar-refractivity contribution in [1.29, 1.82) is 0 Å². The third kappa shape index (κ3) is 3.80. The summed E-state index contributed by atoms with van der Waals surface area (Å²) < 4.78 is 12.7. The van der Waals surface area contributed by atoms with Crippen LogP contribution in [0.4, 0.5) is 10.2 Å². The zero-order valence-corrected chi connectivity index (χ0v) is 10.5. The average Bonchev–Trinajstić information content (AvgIpc) is 2.20. The summed E-state index contributed by atoms with van der Waals surface area (Å²) >= 11 is 0. The molecule has 0 saturated heterocycles. The van der Waals surface area contributed by atoms with Crippen LogP contribution < -0.4 is 5.32 Å². The van der Waals surface area contributed by atoms with E-state index in [1.54, 1.807) is 6.07 Å². The summed E-state index contributed by atoms with van der Waals surface area (Å²) in [7, 11) is 0. The molecule has 1 aromatic rings. The Bertz CT molecular complexity index is 298. The average molecular weight is 224 g/mol. The van der Waals surface area contributed by atoms with Crippen molar-refractivity contribution in [1.82, 2.24) is 4.98 Å². The molecule has 1 aromatic heterocycles. The first-order chi connectivity index (χ1) is 7.50. The number of nitrogens with one attached hydrogen (secondary N) is 1. The van der Waals surface area contributed by atoms with E-state index in [-0.39, 0.29) is 5.82 Å². The van der Waals surface area contributed by atoms with Crippen LogP contribution in [0.1, 0.15) is 27.7 Å². The maximum Gasteiger partial charge on any atom is 0.141 e. The van der Waals surface area contributed by atoms with Gasteiger partial charge in [0.1, 0.15) is 11.6 Å². The Hall–Kier alpha value is -1.12. The van der Waals surface area contributed by atoms with E-state index in [1.165, 1.54) is 12.3 Å². The second-order valence-corrected chi connectivity index (χ2v) is 4.89. The fraction of sp³-hybridized carbons (Fsp3) is 0.615. The molecular formula is C13H21FN2. The van der Waals surface area contributed by atoms with Crippen molar-refractivity contribution >= 4 is 5.82 Å². The highest BCUT2D eigenvalue weighted by Crippen LogP contribution is 2.20. The number of aromatic nitrogens is 1. The van der Waals surface area contributed by atoms with Crippen molar-refractivity contribution in [3.05, 3.63) is 24.1 Å². The highest BCUT2D eigenvalue weighted by molar-refractivity contribution is 5.33. The summed E-state index contributed by atoms with van der Waals surface area (Å²) in [5, 5.41) is 3.26. The lowest BCUT2D eigenvalue weighted by molar-refractivity contribution is 0.304. The van der Waals surface area contributed by atoms with Crippen molar-refractivity contribution in [2.75, 3.05) is 11.9 Å². The lowest BCUT2D eigenvalue weighted by Gasteiger charge is -2.25. The zero-order chi connectivity index (χ0) is 12.1. The van der Waals surface area contributed by atoms with E-state index in [1.807, 2.05) is 0 Å². The normalized spacial score (nSPS) is 11.5. The summed E-state index contributed by atoms with van der Waals surface area (Å²) in [6.07, 6.45) is 1.24. The molecule has 0 aliphatic carbocycles. The van der Waals surface area contributed by atoms with E-state index in [2.05, 4.69) is 38.0 Å². The minimum Gasteiger partial charge on any atom is -0.370 e. The molecule has 0 fully saturated rings. The largest absolute Gasteiger partial charge is 0.370 e. The number of halogens is 1. The Morgan fingerprint density at radius 2 is 1.81 bits per heavy atom. The van der Waals surface area contributed by atoms with Gasteiger partial charge in [-0.25, -0.2) is 9.37 Å². The third-order valence-electron chi connectivity index (χ3n) is 2.96. The van der Waals surface area contributed by atoms with Crippen LogP contribution in [0.3, 0.4) is 0 Å². The Kier molecular flexibility index (Phi) is 4.71. The predicted octanol–water partition coefficient (Wildman–Crippen LogP) is 3.56. The lowest BCUT2D eigenvalue weighted by Crippen LogP contribution is -2.24. The van der Waals surface area contributed by atoms with Crippen molar-refractivity contribution in [3.63, 3.8) is 0 Å². The molecule has 0 spiro atoms. The van der Waals surface area contributed by atoms with Crippen LogP contribution in [0.15, 0.2) is 18.3 Å². The second-order valence-electron chi connectivity index (χ2n) is 4.89. The fourth-order valence-electron chi connectivity index (χ4n) is 1.94. The Balaban J connectivity index is 2.52. The number of pyridine rings is 1. The van der Waals surface area contributed by atoms with E-state index in [0.717, 1.165) is 12.4 Å².